The minimum absolute atomic E-state index is 0.855. The van der Waals surface area contributed by atoms with E-state index in [0.29, 0.717) is 0 Å². The van der Waals surface area contributed by atoms with Crippen LogP contribution in [0.2, 0.25) is 0 Å². The molecule has 3 heteroatoms. The van der Waals surface area contributed by atoms with Crippen LogP contribution in [0.3, 0.4) is 0 Å². The molecule has 0 saturated heterocycles. The quantitative estimate of drug-likeness (QED) is 0.143. The summed E-state index contributed by atoms with van der Waals surface area (Å²) in [5.74, 6) is 0. The molecule has 1 heterocycles. The first-order valence-electron chi connectivity index (χ1n) is 21.5. The molecule has 0 bridgehead atoms. The average molecular weight is 805 g/mol. The SMILES string of the molecule is C(=C\c1ccc2c(c1)oc1cc(N(c3ccc4ccccc4c3)c3ccc4ccccc4c3)ccc12)/c1ccc(N(c2ccc3ccccc3c2)c2ccc3ccccc3c2)cc1. The zero-order chi connectivity index (χ0) is 41.7. The van der Waals surface area contributed by atoms with E-state index in [9.17, 15) is 0 Å². The zero-order valence-electron chi connectivity index (χ0n) is 34.4. The van der Waals surface area contributed by atoms with Crippen LogP contribution in [-0.4, -0.2) is 0 Å². The van der Waals surface area contributed by atoms with E-state index in [1.807, 2.05) is 0 Å². The summed E-state index contributed by atoms with van der Waals surface area (Å²) in [5, 5.41) is 11.9. The fourth-order valence-corrected chi connectivity index (χ4v) is 9.11. The van der Waals surface area contributed by atoms with E-state index in [1.165, 1.54) is 43.1 Å². The van der Waals surface area contributed by atoms with Gasteiger partial charge in [0.15, 0.2) is 0 Å². The molecule has 0 amide bonds. The summed E-state index contributed by atoms with van der Waals surface area (Å²) < 4.78 is 6.66. The number of hydrogen-bond acceptors (Lipinski definition) is 3. The van der Waals surface area contributed by atoms with Gasteiger partial charge in [0.05, 0.1) is 0 Å². The van der Waals surface area contributed by atoms with Crippen molar-refractivity contribution in [3.63, 3.8) is 0 Å². The standard InChI is InChI=1S/C60H40N2O/c1-5-13-47-36-52(28-22-43(47)9-1)61(53-29-23-44-10-2-6-14-48(44)37-53)51-26-19-41(20-27-51)17-18-42-21-33-57-58-34-32-56(40-60(58)63-59(57)35-42)62(54-30-24-45-11-3-7-15-49(45)38-54)55-31-25-46-12-4-8-16-50(46)39-55/h1-40H/b18-17+. The second kappa shape index (κ2) is 15.3. The molecule has 0 spiro atoms. The monoisotopic (exact) mass is 804 g/mol. The smallest absolute Gasteiger partial charge is 0.137 e. The highest BCUT2D eigenvalue weighted by Gasteiger charge is 2.18. The summed E-state index contributed by atoms with van der Waals surface area (Å²) >= 11 is 0. The van der Waals surface area contributed by atoms with E-state index < -0.39 is 0 Å². The van der Waals surface area contributed by atoms with Gasteiger partial charge in [0.25, 0.3) is 0 Å². The van der Waals surface area contributed by atoms with Crippen molar-refractivity contribution < 1.29 is 4.42 Å². The minimum atomic E-state index is 0.855. The molecule has 63 heavy (non-hydrogen) atoms. The Balaban J connectivity index is 0.863. The average Bonchev–Trinajstić information content (AvgIpc) is 3.71. The summed E-state index contributed by atoms with van der Waals surface area (Å²) in [6.07, 6.45) is 4.34. The van der Waals surface area contributed by atoms with Gasteiger partial charge in [0.1, 0.15) is 11.2 Å². The zero-order valence-corrected chi connectivity index (χ0v) is 34.4. The van der Waals surface area contributed by atoms with Crippen molar-refractivity contribution in [3.8, 4) is 0 Å². The van der Waals surface area contributed by atoms with Crippen LogP contribution in [0.5, 0.6) is 0 Å². The third-order valence-electron chi connectivity index (χ3n) is 12.3. The van der Waals surface area contributed by atoms with Gasteiger partial charge in [0, 0.05) is 51.0 Å². The summed E-state index contributed by atoms with van der Waals surface area (Å²) in [5.41, 5.74) is 10.5. The number of rotatable bonds is 8. The third-order valence-corrected chi connectivity index (χ3v) is 12.3. The van der Waals surface area contributed by atoms with Gasteiger partial charge in [-0.25, -0.2) is 0 Å². The van der Waals surface area contributed by atoms with Crippen LogP contribution < -0.4 is 9.80 Å². The second-order valence-corrected chi connectivity index (χ2v) is 16.3. The second-order valence-electron chi connectivity index (χ2n) is 16.3. The molecule has 0 aliphatic heterocycles. The molecular formula is C60H40N2O. The minimum Gasteiger partial charge on any atom is -0.456 e. The molecule has 296 valence electrons. The Labute approximate surface area is 365 Å². The largest absolute Gasteiger partial charge is 0.456 e. The van der Waals surface area contributed by atoms with E-state index in [4.69, 9.17) is 4.42 Å². The predicted octanol–water partition coefficient (Wildman–Crippen LogP) is 17.3. The maximum atomic E-state index is 6.66. The molecule has 0 saturated carbocycles. The molecule has 0 N–H and O–H groups in total. The van der Waals surface area contributed by atoms with Crippen molar-refractivity contribution in [2.24, 2.45) is 0 Å². The van der Waals surface area contributed by atoms with E-state index in [-0.39, 0.29) is 0 Å². The molecule has 0 fully saturated rings. The van der Waals surface area contributed by atoms with Crippen molar-refractivity contribution in [1.82, 2.24) is 0 Å². The van der Waals surface area contributed by atoms with Gasteiger partial charge in [0.2, 0.25) is 0 Å². The highest BCUT2D eigenvalue weighted by atomic mass is 16.3. The number of furan rings is 1. The van der Waals surface area contributed by atoms with Crippen molar-refractivity contribution in [1.29, 1.82) is 0 Å². The fraction of sp³-hybridized carbons (Fsp3) is 0. The van der Waals surface area contributed by atoms with Crippen molar-refractivity contribution in [3.05, 3.63) is 242 Å². The summed E-state index contributed by atoms with van der Waals surface area (Å²) in [4.78, 5) is 4.67. The maximum absolute atomic E-state index is 6.66. The van der Waals surface area contributed by atoms with Crippen molar-refractivity contribution in [2.45, 2.75) is 0 Å². The van der Waals surface area contributed by atoms with Gasteiger partial charge in [-0.15, -0.1) is 0 Å². The maximum Gasteiger partial charge on any atom is 0.137 e. The number of fused-ring (bicyclic) bond motifs is 7. The number of hydrogen-bond donors (Lipinski definition) is 0. The Morgan fingerprint density at radius 2 is 0.571 bits per heavy atom. The highest BCUT2D eigenvalue weighted by Crippen LogP contribution is 2.41. The predicted molar refractivity (Wildman–Crippen MR) is 268 cm³/mol. The first-order chi connectivity index (χ1) is 31.2. The first-order valence-corrected chi connectivity index (χ1v) is 21.5. The number of benzene rings is 11. The van der Waals surface area contributed by atoms with Crippen LogP contribution >= 0.6 is 0 Å². The van der Waals surface area contributed by atoms with Crippen molar-refractivity contribution in [2.75, 3.05) is 9.80 Å². The van der Waals surface area contributed by atoms with Gasteiger partial charge >= 0.3 is 0 Å². The fourth-order valence-electron chi connectivity index (χ4n) is 9.11. The molecular weight excluding hydrogens is 765 g/mol. The summed E-state index contributed by atoms with van der Waals surface area (Å²) in [6, 6.07) is 82.8. The Morgan fingerprint density at radius 1 is 0.254 bits per heavy atom. The first kappa shape index (κ1) is 36.5. The van der Waals surface area contributed by atoms with E-state index in [0.717, 1.165) is 67.2 Å². The van der Waals surface area contributed by atoms with Crippen LogP contribution in [0.25, 0.3) is 77.2 Å². The molecule has 0 unspecified atom stereocenters. The third kappa shape index (κ3) is 6.83. The van der Waals surface area contributed by atoms with Gasteiger partial charge in [-0.1, -0.05) is 152 Å². The number of nitrogens with zero attached hydrogens (tertiary/aromatic N) is 2. The summed E-state index contributed by atoms with van der Waals surface area (Å²) in [6.45, 7) is 0. The Bertz CT molecular complexity index is 3550. The van der Waals surface area contributed by atoms with Crippen LogP contribution in [-0.2, 0) is 0 Å². The molecule has 3 nitrogen and oxygen atoms in total. The van der Waals surface area contributed by atoms with Gasteiger partial charge in [-0.05, 0) is 139 Å². The Kier molecular flexibility index (Phi) is 8.83. The van der Waals surface area contributed by atoms with E-state index in [1.54, 1.807) is 0 Å². The molecule has 0 aliphatic rings. The molecule has 12 rings (SSSR count). The van der Waals surface area contributed by atoms with Gasteiger partial charge in [-0.3, -0.25) is 0 Å². The Hall–Kier alpha value is -8.40. The van der Waals surface area contributed by atoms with Crippen molar-refractivity contribution >= 4 is 111 Å². The van der Waals surface area contributed by atoms with E-state index in [2.05, 4.69) is 252 Å². The van der Waals surface area contributed by atoms with Crippen LogP contribution in [0.15, 0.2) is 235 Å². The molecule has 1 aromatic heterocycles. The van der Waals surface area contributed by atoms with E-state index >= 15 is 0 Å². The van der Waals surface area contributed by atoms with Gasteiger partial charge in [-0.2, -0.15) is 0 Å². The molecule has 12 aromatic rings. The Morgan fingerprint density at radius 3 is 1.03 bits per heavy atom. The lowest BCUT2D eigenvalue weighted by Crippen LogP contribution is -2.09. The van der Waals surface area contributed by atoms with Crippen LogP contribution in [0.4, 0.5) is 34.1 Å². The molecule has 11 aromatic carbocycles. The lowest BCUT2D eigenvalue weighted by molar-refractivity contribution is 0.669. The summed E-state index contributed by atoms with van der Waals surface area (Å²) in [7, 11) is 0. The lowest BCUT2D eigenvalue weighted by atomic mass is 10.1. The molecule has 0 radical (unpaired) electrons. The van der Waals surface area contributed by atoms with Crippen LogP contribution in [0.1, 0.15) is 11.1 Å². The molecule has 0 aliphatic carbocycles. The normalized spacial score (nSPS) is 11.7. The van der Waals surface area contributed by atoms with Gasteiger partial charge < -0.3 is 14.2 Å². The number of anilines is 6. The van der Waals surface area contributed by atoms with Crippen LogP contribution in [0, 0.1) is 0 Å². The highest BCUT2D eigenvalue weighted by molar-refractivity contribution is 6.07. The lowest BCUT2D eigenvalue weighted by Gasteiger charge is -2.26. The molecule has 0 atom stereocenters. The topological polar surface area (TPSA) is 19.6 Å².